The smallest absolute Gasteiger partial charge is 0.232 e. The van der Waals surface area contributed by atoms with Crippen molar-refractivity contribution in [2.45, 2.75) is 32.9 Å². The summed E-state index contributed by atoms with van der Waals surface area (Å²) in [7, 11) is 0. The average molecular weight is 394 g/mol. The highest BCUT2D eigenvalue weighted by Gasteiger charge is 2.32. The lowest BCUT2D eigenvalue weighted by molar-refractivity contribution is 0.140. The van der Waals surface area contributed by atoms with Crippen LogP contribution in [0.5, 0.6) is 0 Å². The fraction of sp³-hybridized carbons (Fsp3) is 0.400. The Morgan fingerprint density at radius 3 is 2.83 bits per heavy atom. The summed E-state index contributed by atoms with van der Waals surface area (Å²) in [5.74, 6) is 1.30. The van der Waals surface area contributed by atoms with Crippen LogP contribution in [-0.2, 0) is 13.0 Å². The number of nitrogens with one attached hydrogen (secondary N) is 2. The van der Waals surface area contributed by atoms with Crippen molar-refractivity contribution in [3.63, 3.8) is 0 Å². The van der Waals surface area contributed by atoms with E-state index in [1.54, 1.807) is 0 Å². The van der Waals surface area contributed by atoms with Crippen molar-refractivity contribution in [3.05, 3.63) is 53.1 Å². The number of aromatic nitrogens is 5. The van der Waals surface area contributed by atoms with Crippen molar-refractivity contribution in [2.24, 2.45) is 5.92 Å². The number of hydrogen-bond donors (Lipinski definition) is 4. The largest absolute Gasteiger partial charge is 0.391 e. The SMILES string of the molecule is Cc1cccc(Nc2nc(N)nc(CN3C[C@@H](Cc4cc(C)[nH]n4)[C@H](O)C3)n2)c1. The maximum absolute atomic E-state index is 10.5. The highest BCUT2D eigenvalue weighted by atomic mass is 16.3. The minimum absolute atomic E-state index is 0.127. The minimum atomic E-state index is -0.406. The predicted octanol–water partition coefficient (Wildman–Crippen LogP) is 1.57. The number of benzene rings is 1. The molecular weight excluding hydrogens is 368 g/mol. The Hall–Kier alpha value is -3.04. The molecule has 0 bridgehead atoms. The van der Waals surface area contributed by atoms with Crippen LogP contribution in [0.15, 0.2) is 30.3 Å². The Kier molecular flexibility index (Phi) is 5.41. The first-order chi connectivity index (χ1) is 13.9. The minimum Gasteiger partial charge on any atom is -0.391 e. The summed E-state index contributed by atoms with van der Waals surface area (Å²) >= 11 is 0. The van der Waals surface area contributed by atoms with Gasteiger partial charge >= 0.3 is 0 Å². The number of likely N-dealkylation sites (tertiary alicyclic amines) is 1. The number of nitrogen functional groups attached to an aromatic ring is 1. The van der Waals surface area contributed by atoms with Gasteiger partial charge < -0.3 is 16.2 Å². The molecule has 1 saturated heterocycles. The van der Waals surface area contributed by atoms with E-state index < -0.39 is 6.10 Å². The molecule has 0 aliphatic carbocycles. The highest BCUT2D eigenvalue weighted by Crippen LogP contribution is 2.23. The first-order valence-electron chi connectivity index (χ1n) is 9.70. The molecule has 0 saturated carbocycles. The van der Waals surface area contributed by atoms with Gasteiger partial charge in [-0.25, -0.2) is 0 Å². The number of aryl methyl sites for hydroxylation is 2. The molecule has 3 heterocycles. The number of nitrogens with two attached hydrogens (primary N) is 1. The van der Waals surface area contributed by atoms with E-state index in [-0.39, 0.29) is 11.9 Å². The summed E-state index contributed by atoms with van der Waals surface area (Å²) in [6.45, 7) is 5.82. The second-order valence-electron chi connectivity index (χ2n) is 7.70. The molecule has 9 nitrogen and oxygen atoms in total. The molecule has 9 heteroatoms. The molecule has 1 aromatic carbocycles. The number of anilines is 3. The van der Waals surface area contributed by atoms with Gasteiger partial charge in [0.2, 0.25) is 11.9 Å². The van der Waals surface area contributed by atoms with Crippen LogP contribution in [0.4, 0.5) is 17.6 Å². The molecular formula is C20H26N8O. The molecule has 3 aromatic rings. The zero-order chi connectivity index (χ0) is 20.4. The predicted molar refractivity (Wildman–Crippen MR) is 111 cm³/mol. The van der Waals surface area contributed by atoms with Crippen LogP contribution < -0.4 is 11.1 Å². The van der Waals surface area contributed by atoms with E-state index in [0.717, 1.165) is 35.6 Å². The van der Waals surface area contributed by atoms with Crippen LogP contribution in [-0.4, -0.2) is 54.3 Å². The van der Waals surface area contributed by atoms with Gasteiger partial charge in [-0.2, -0.15) is 20.1 Å². The topological polar surface area (TPSA) is 129 Å². The van der Waals surface area contributed by atoms with E-state index in [4.69, 9.17) is 5.73 Å². The Morgan fingerprint density at radius 1 is 1.21 bits per heavy atom. The van der Waals surface area contributed by atoms with Crippen LogP contribution in [0, 0.1) is 19.8 Å². The van der Waals surface area contributed by atoms with Crippen LogP contribution in [0.25, 0.3) is 0 Å². The molecule has 2 aromatic heterocycles. The van der Waals surface area contributed by atoms with Gasteiger partial charge in [-0.3, -0.25) is 10.00 Å². The lowest BCUT2D eigenvalue weighted by Crippen LogP contribution is -2.23. The lowest BCUT2D eigenvalue weighted by Gasteiger charge is -2.15. The van der Waals surface area contributed by atoms with Crippen LogP contribution in [0.1, 0.15) is 22.8 Å². The van der Waals surface area contributed by atoms with Gasteiger partial charge in [0.05, 0.1) is 18.3 Å². The number of H-pyrrole nitrogens is 1. The highest BCUT2D eigenvalue weighted by molar-refractivity contribution is 5.54. The molecule has 152 valence electrons. The van der Waals surface area contributed by atoms with Gasteiger partial charge in [-0.1, -0.05) is 12.1 Å². The molecule has 1 aliphatic rings. The summed E-state index contributed by atoms with van der Waals surface area (Å²) in [6, 6.07) is 9.97. The van der Waals surface area contributed by atoms with E-state index in [2.05, 4.69) is 35.4 Å². The monoisotopic (exact) mass is 394 g/mol. The van der Waals surface area contributed by atoms with Crippen molar-refractivity contribution >= 4 is 17.6 Å². The first-order valence-corrected chi connectivity index (χ1v) is 9.70. The Labute approximate surface area is 169 Å². The molecule has 2 atom stereocenters. The maximum atomic E-state index is 10.5. The summed E-state index contributed by atoms with van der Waals surface area (Å²) in [5.41, 5.74) is 9.93. The fourth-order valence-corrected chi connectivity index (χ4v) is 3.74. The van der Waals surface area contributed by atoms with Crippen molar-refractivity contribution in [3.8, 4) is 0 Å². The van der Waals surface area contributed by atoms with E-state index in [9.17, 15) is 5.11 Å². The zero-order valence-corrected chi connectivity index (χ0v) is 16.6. The second-order valence-corrected chi connectivity index (χ2v) is 7.70. The average Bonchev–Trinajstić information content (AvgIpc) is 3.20. The maximum Gasteiger partial charge on any atom is 0.232 e. The summed E-state index contributed by atoms with van der Waals surface area (Å²) in [5, 5.41) is 20.9. The molecule has 5 N–H and O–H groups in total. The van der Waals surface area contributed by atoms with Crippen molar-refractivity contribution < 1.29 is 5.11 Å². The third-order valence-electron chi connectivity index (χ3n) is 5.05. The lowest BCUT2D eigenvalue weighted by atomic mass is 10.0. The Balaban J connectivity index is 1.42. The number of aliphatic hydroxyl groups is 1. The molecule has 0 radical (unpaired) electrons. The van der Waals surface area contributed by atoms with Crippen LogP contribution in [0.3, 0.4) is 0 Å². The fourth-order valence-electron chi connectivity index (χ4n) is 3.74. The number of rotatable bonds is 6. The normalized spacial score (nSPS) is 19.6. The van der Waals surface area contributed by atoms with Crippen molar-refractivity contribution in [1.82, 2.24) is 30.0 Å². The number of β-amino-alcohol motifs (C(OH)–C–C–N with tert-alkyl or cyclic N) is 1. The first kappa shape index (κ1) is 19.3. The van der Waals surface area contributed by atoms with Crippen LogP contribution in [0.2, 0.25) is 0 Å². The Bertz CT molecular complexity index is 988. The van der Waals surface area contributed by atoms with Crippen LogP contribution >= 0.6 is 0 Å². The van der Waals surface area contributed by atoms with Gasteiger partial charge in [-0.15, -0.1) is 0 Å². The summed E-state index contributed by atoms with van der Waals surface area (Å²) < 4.78 is 0. The standard InChI is InChI=1S/C20H26N8O/c1-12-4-3-5-15(6-12)22-20-24-18(23-19(21)25-20)11-28-9-14(17(29)10-28)8-16-7-13(2)26-27-16/h3-7,14,17,29H,8-11H2,1-2H3,(H,26,27)(H3,21,22,23,24,25)/t14-,17-/m1/s1. The van der Waals surface area contributed by atoms with Gasteiger partial charge in [0.15, 0.2) is 0 Å². The Morgan fingerprint density at radius 2 is 2.07 bits per heavy atom. The molecule has 1 fully saturated rings. The number of hydrogen-bond acceptors (Lipinski definition) is 8. The van der Waals surface area contributed by atoms with Gasteiger partial charge in [0.25, 0.3) is 0 Å². The van der Waals surface area contributed by atoms with E-state index in [1.807, 2.05) is 44.2 Å². The number of aromatic amines is 1. The molecule has 0 spiro atoms. The molecule has 1 aliphatic heterocycles. The van der Waals surface area contributed by atoms with Gasteiger partial charge in [0.1, 0.15) is 5.82 Å². The third-order valence-corrected chi connectivity index (χ3v) is 5.05. The summed E-state index contributed by atoms with van der Waals surface area (Å²) in [6.07, 6.45) is 0.331. The van der Waals surface area contributed by atoms with Gasteiger partial charge in [-0.05, 0) is 44.0 Å². The molecule has 0 amide bonds. The molecule has 29 heavy (non-hydrogen) atoms. The quantitative estimate of drug-likeness (QED) is 0.496. The zero-order valence-electron chi connectivity index (χ0n) is 16.6. The molecule has 4 rings (SSSR count). The van der Waals surface area contributed by atoms with E-state index in [0.29, 0.717) is 24.9 Å². The number of aliphatic hydroxyl groups excluding tert-OH is 1. The summed E-state index contributed by atoms with van der Waals surface area (Å²) in [4.78, 5) is 15.1. The van der Waals surface area contributed by atoms with Crippen molar-refractivity contribution in [1.29, 1.82) is 0 Å². The van der Waals surface area contributed by atoms with E-state index in [1.165, 1.54) is 0 Å². The van der Waals surface area contributed by atoms with E-state index >= 15 is 0 Å². The second kappa shape index (κ2) is 8.14. The van der Waals surface area contributed by atoms with Gasteiger partial charge in [0, 0.05) is 30.4 Å². The van der Waals surface area contributed by atoms with Crippen molar-refractivity contribution in [2.75, 3.05) is 24.1 Å². The molecule has 0 unspecified atom stereocenters. The third kappa shape index (κ3) is 4.87. The number of nitrogens with zero attached hydrogens (tertiary/aromatic N) is 5.